The van der Waals surface area contributed by atoms with Crippen molar-refractivity contribution in [3.8, 4) is 0 Å². The number of nitrogens with one attached hydrogen (secondary N) is 1. The van der Waals surface area contributed by atoms with E-state index >= 15 is 0 Å². The third-order valence-corrected chi connectivity index (χ3v) is 7.79. The minimum atomic E-state index is -0.489. The SMILES string of the molecule is O=C(Nc1cccc2ccccc12)C1[C@H]2CC[C@@H]3[C@@H](CC[C@H]12)C3(Cl)Cl. The molecule has 0 radical (unpaired) electrons. The zero-order valence-corrected chi connectivity index (χ0v) is 15.4. The average Bonchev–Trinajstić information content (AvgIpc) is 3.40. The fourth-order valence-electron chi connectivity index (χ4n) is 5.16. The van der Waals surface area contributed by atoms with Gasteiger partial charge in [0.25, 0.3) is 0 Å². The quantitative estimate of drug-likeness (QED) is 0.678. The predicted octanol–water partition coefficient (Wildman–Crippen LogP) is 5.63. The van der Waals surface area contributed by atoms with Gasteiger partial charge in [0.2, 0.25) is 5.91 Å². The second-order valence-corrected chi connectivity index (χ2v) is 9.36. The van der Waals surface area contributed by atoms with Crippen molar-refractivity contribution in [2.24, 2.45) is 29.6 Å². The second-order valence-electron chi connectivity index (χ2n) is 7.91. The molecule has 0 heterocycles. The number of carbonyl (C=O) groups is 1. The van der Waals surface area contributed by atoms with E-state index in [1.165, 1.54) is 0 Å². The van der Waals surface area contributed by atoms with Crippen molar-refractivity contribution in [3.05, 3.63) is 42.5 Å². The zero-order chi connectivity index (χ0) is 17.2. The van der Waals surface area contributed by atoms with Crippen molar-refractivity contribution in [2.45, 2.75) is 30.0 Å². The Morgan fingerprint density at radius 2 is 1.56 bits per heavy atom. The van der Waals surface area contributed by atoms with Crippen LogP contribution in [0.5, 0.6) is 0 Å². The molecule has 130 valence electrons. The van der Waals surface area contributed by atoms with Crippen LogP contribution in [-0.2, 0) is 4.79 Å². The maximum absolute atomic E-state index is 12.9. The Kier molecular flexibility index (Phi) is 3.59. The Morgan fingerprint density at radius 3 is 2.28 bits per heavy atom. The lowest BCUT2D eigenvalue weighted by atomic mass is 10.0. The van der Waals surface area contributed by atoms with Crippen LogP contribution in [0.4, 0.5) is 5.69 Å². The highest BCUT2D eigenvalue weighted by Gasteiger charge is 2.65. The van der Waals surface area contributed by atoms with Gasteiger partial charge in [-0.25, -0.2) is 0 Å². The Bertz CT molecular complexity index is 821. The van der Waals surface area contributed by atoms with Crippen molar-refractivity contribution >= 4 is 45.6 Å². The molecule has 0 aliphatic heterocycles. The van der Waals surface area contributed by atoms with Crippen LogP contribution in [0, 0.1) is 29.6 Å². The summed E-state index contributed by atoms with van der Waals surface area (Å²) >= 11 is 12.7. The van der Waals surface area contributed by atoms with E-state index in [1.54, 1.807) is 0 Å². The van der Waals surface area contributed by atoms with Crippen molar-refractivity contribution < 1.29 is 4.79 Å². The lowest BCUT2D eigenvalue weighted by Crippen LogP contribution is -2.16. The van der Waals surface area contributed by atoms with E-state index in [0.717, 1.165) is 42.1 Å². The normalized spacial score (nSPS) is 35.0. The molecule has 3 fully saturated rings. The number of alkyl halides is 2. The molecule has 5 rings (SSSR count). The molecule has 0 bridgehead atoms. The largest absolute Gasteiger partial charge is 0.325 e. The number of amides is 1. The van der Waals surface area contributed by atoms with Crippen molar-refractivity contribution in [1.29, 1.82) is 0 Å². The maximum atomic E-state index is 12.9. The summed E-state index contributed by atoms with van der Waals surface area (Å²) in [6, 6.07) is 14.3. The van der Waals surface area contributed by atoms with Gasteiger partial charge in [0.05, 0.1) is 0 Å². The molecule has 1 amide bonds. The van der Waals surface area contributed by atoms with Gasteiger partial charge in [0.1, 0.15) is 4.33 Å². The van der Waals surface area contributed by atoms with Crippen molar-refractivity contribution in [2.75, 3.05) is 5.32 Å². The van der Waals surface area contributed by atoms with Gasteiger partial charge in [-0.05, 0) is 60.8 Å². The molecule has 3 saturated carbocycles. The summed E-state index contributed by atoms with van der Waals surface area (Å²) in [6.45, 7) is 0. The maximum Gasteiger partial charge on any atom is 0.228 e. The van der Waals surface area contributed by atoms with Crippen LogP contribution in [0.25, 0.3) is 10.8 Å². The molecule has 2 nitrogen and oxygen atoms in total. The zero-order valence-electron chi connectivity index (χ0n) is 13.9. The lowest BCUT2D eigenvalue weighted by Gasteiger charge is -2.09. The molecule has 4 heteroatoms. The Hall–Kier alpha value is -1.25. The molecule has 4 atom stereocenters. The highest BCUT2D eigenvalue weighted by molar-refractivity contribution is 6.51. The Morgan fingerprint density at radius 1 is 0.920 bits per heavy atom. The standard InChI is InChI=1S/C21H21Cl2NO/c22-21(23)16-10-8-14-15(9-11-17(16)21)19(14)20(25)24-18-7-3-5-12-4-1-2-6-13(12)18/h1-7,14-17,19H,8-11H2,(H,24,25)/t14-,15-,16+,17+/m0/s1. The van der Waals surface area contributed by atoms with Gasteiger partial charge in [0.15, 0.2) is 0 Å². The van der Waals surface area contributed by atoms with E-state index in [0.29, 0.717) is 23.7 Å². The molecule has 1 N–H and O–H groups in total. The molecule has 0 saturated heterocycles. The first-order valence-corrected chi connectivity index (χ1v) is 9.99. The van der Waals surface area contributed by atoms with Gasteiger partial charge >= 0.3 is 0 Å². The number of anilines is 1. The van der Waals surface area contributed by atoms with Gasteiger partial charge in [-0.15, -0.1) is 23.2 Å². The predicted molar refractivity (Wildman–Crippen MR) is 103 cm³/mol. The summed E-state index contributed by atoms with van der Waals surface area (Å²) in [5.74, 6) is 2.26. The summed E-state index contributed by atoms with van der Waals surface area (Å²) in [5.41, 5.74) is 0.922. The van der Waals surface area contributed by atoms with Gasteiger partial charge in [-0.1, -0.05) is 36.4 Å². The number of hydrogen-bond acceptors (Lipinski definition) is 1. The van der Waals surface area contributed by atoms with Gasteiger partial charge in [0, 0.05) is 17.0 Å². The van der Waals surface area contributed by atoms with Gasteiger partial charge < -0.3 is 5.32 Å². The third-order valence-electron chi connectivity index (χ3n) is 6.67. The number of halogens is 2. The van der Waals surface area contributed by atoms with Crippen LogP contribution in [0.2, 0.25) is 0 Å². The fraction of sp³-hybridized carbons (Fsp3) is 0.476. The van der Waals surface area contributed by atoms with Gasteiger partial charge in [-0.3, -0.25) is 4.79 Å². The molecule has 0 unspecified atom stereocenters. The Balaban J connectivity index is 1.30. The first kappa shape index (κ1) is 16.0. The van der Waals surface area contributed by atoms with E-state index in [1.807, 2.05) is 24.3 Å². The highest BCUT2D eigenvalue weighted by atomic mass is 35.5. The molecule has 2 aromatic rings. The molecular formula is C21H21Cl2NO. The van der Waals surface area contributed by atoms with Crippen LogP contribution in [0.3, 0.4) is 0 Å². The molecule has 2 aromatic carbocycles. The summed E-state index contributed by atoms with van der Waals surface area (Å²) in [7, 11) is 0. The minimum Gasteiger partial charge on any atom is -0.325 e. The summed E-state index contributed by atoms with van der Waals surface area (Å²) in [6.07, 6.45) is 4.30. The molecule has 25 heavy (non-hydrogen) atoms. The molecule has 0 aromatic heterocycles. The first-order valence-electron chi connectivity index (χ1n) is 9.24. The first-order chi connectivity index (χ1) is 12.1. The smallest absolute Gasteiger partial charge is 0.228 e. The number of benzene rings is 2. The van der Waals surface area contributed by atoms with Crippen LogP contribution in [0.15, 0.2) is 42.5 Å². The van der Waals surface area contributed by atoms with E-state index in [-0.39, 0.29) is 11.8 Å². The topological polar surface area (TPSA) is 29.1 Å². The van der Waals surface area contributed by atoms with E-state index in [2.05, 4.69) is 23.5 Å². The molecular weight excluding hydrogens is 353 g/mol. The Labute approximate surface area is 157 Å². The number of carbonyl (C=O) groups excluding carboxylic acids is 1. The monoisotopic (exact) mass is 373 g/mol. The number of fused-ring (bicyclic) bond motifs is 3. The van der Waals surface area contributed by atoms with Crippen LogP contribution >= 0.6 is 23.2 Å². The fourth-order valence-corrected chi connectivity index (χ4v) is 6.08. The third kappa shape index (κ3) is 2.57. The number of rotatable bonds is 2. The number of hydrogen-bond donors (Lipinski definition) is 1. The van der Waals surface area contributed by atoms with Gasteiger partial charge in [-0.2, -0.15) is 0 Å². The minimum absolute atomic E-state index is 0.163. The molecule has 3 aliphatic rings. The van der Waals surface area contributed by atoms with E-state index in [9.17, 15) is 4.79 Å². The molecule has 0 spiro atoms. The lowest BCUT2D eigenvalue weighted by molar-refractivity contribution is -0.117. The van der Waals surface area contributed by atoms with Crippen LogP contribution in [-0.4, -0.2) is 10.2 Å². The average molecular weight is 374 g/mol. The summed E-state index contributed by atoms with van der Waals surface area (Å²) in [5, 5.41) is 5.45. The van der Waals surface area contributed by atoms with Crippen LogP contribution in [0.1, 0.15) is 25.7 Å². The van der Waals surface area contributed by atoms with Crippen molar-refractivity contribution in [1.82, 2.24) is 0 Å². The second kappa shape index (κ2) is 5.62. The highest BCUT2D eigenvalue weighted by Crippen LogP contribution is 2.67. The van der Waals surface area contributed by atoms with E-state index < -0.39 is 4.33 Å². The molecule has 3 aliphatic carbocycles. The van der Waals surface area contributed by atoms with Crippen molar-refractivity contribution in [3.63, 3.8) is 0 Å². The summed E-state index contributed by atoms with van der Waals surface area (Å²) in [4.78, 5) is 12.9. The van der Waals surface area contributed by atoms with Crippen LogP contribution < -0.4 is 5.32 Å². The van der Waals surface area contributed by atoms with E-state index in [4.69, 9.17) is 23.2 Å². The summed E-state index contributed by atoms with van der Waals surface area (Å²) < 4.78 is -0.489.